The lowest BCUT2D eigenvalue weighted by Crippen LogP contribution is -2.33. The number of hydrogen-bond acceptors (Lipinski definition) is 4. The number of amides is 1. The van der Waals surface area contributed by atoms with E-state index in [1.807, 2.05) is 19.1 Å². The van der Waals surface area contributed by atoms with E-state index in [1.54, 1.807) is 41.3 Å². The lowest BCUT2D eigenvalue weighted by molar-refractivity contribution is 0.0754. The van der Waals surface area contributed by atoms with Gasteiger partial charge in [-0.3, -0.25) is 4.79 Å². The molecule has 0 unspecified atom stereocenters. The Morgan fingerprint density at radius 1 is 1.07 bits per heavy atom. The lowest BCUT2D eigenvalue weighted by Gasteiger charge is -2.22. The van der Waals surface area contributed by atoms with Crippen LogP contribution in [-0.4, -0.2) is 34.0 Å². The number of benzene rings is 2. The maximum atomic E-state index is 12.8. The Kier molecular flexibility index (Phi) is 6.48. The molecule has 0 fully saturated rings. The molecule has 1 aromatic heterocycles. The summed E-state index contributed by atoms with van der Waals surface area (Å²) in [5.41, 5.74) is 1.33. The van der Waals surface area contributed by atoms with E-state index in [4.69, 9.17) is 27.7 Å². The third-order valence-electron chi connectivity index (χ3n) is 4.05. The number of carbonyl (C=O) groups is 1. The molecule has 0 bridgehead atoms. The smallest absolute Gasteiger partial charge is 0.255 e. The van der Waals surface area contributed by atoms with Crippen molar-refractivity contribution < 1.29 is 9.32 Å². The average Bonchev–Trinajstić information content (AvgIpc) is 3.14. The Bertz CT molecular complexity index is 910. The molecule has 1 heterocycles. The molecule has 5 nitrogen and oxygen atoms in total. The molecule has 0 saturated carbocycles. The van der Waals surface area contributed by atoms with Crippen molar-refractivity contribution in [1.29, 1.82) is 0 Å². The molecular weight excluding hydrogens is 385 g/mol. The Hall–Kier alpha value is -2.37. The molecule has 0 aliphatic rings. The Balaban J connectivity index is 1.69. The fourth-order valence-electron chi connectivity index (χ4n) is 2.69. The largest absolute Gasteiger partial charge is 0.339 e. The third kappa shape index (κ3) is 4.87. The summed E-state index contributed by atoms with van der Waals surface area (Å²) < 4.78 is 5.33. The second-order valence-corrected chi connectivity index (χ2v) is 6.88. The van der Waals surface area contributed by atoms with Crippen LogP contribution < -0.4 is 0 Å². The highest BCUT2D eigenvalue weighted by Crippen LogP contribution is 2.20. The van der Waals surface area contributed by atoms with Gasteiger partial charge in [0.1, 0.15) is 0 Å². The summed E-state index contributed by atoms with van der Waals surface area (Å²) in [7, 11) is 0. The predicted molar refractivity (Wildman–Crippen MR) is 106 cm³/mol. The SMILES string of the molecule is CCCN(CCc1nc(-c2ccc(Cl)cc2)no1)C(=O)c1ccccc1Cl. The van der Waals surface area contributed by atoms with Gasteiger partial charge >= 0.3 is 0 Å². The van der Waals surface area contributed by atoms with Crippen LogP contribution in [0.15, 0.2) is 53.1 Å². The van der Waals surface area contributed by atoms with Crippen LogP contribution in [0, 0.1) is 0 Å². The monoisotopic (exact) mass is 403 g/mol. The zero-order valence-corrected chi connectivity index (χ0v) is 16.4. The second-order valence-electron chi connectivity index (χ2n) is 6.04. The van der Waals surface area contributed by atoms with Crippen LogP contribution in [0.1, 0.15) is 29.6 Å². The number of aromatic nitrogens is 2. The van der Waals surface area contributed by atoms with Crippen molar-refractivity contribution in [2.45, 2.75) is 19.8 Å². The molecule has 2 aromatic carbocycles. The third-order valence-corrected chi connectivity index (χ3v) is 4.63. The van der Waals surface area contributed by atoms with Gasteiger partial charge in [-0.2, -0.15) is 4.98 Å². The number of rotatable bonds is 7. The fourth-order valence-corrected chi connectivity index (χ4v) is 3.04. The van der Waals surface area contributed by atoms with Gasteiger partial charge in [-0.25, -0.2) is 0 Å². The number of nitrogens with zero attached hydrogens (tertiary/aromatic N) is 3. The fraction of sp³-hybridized carbons (Fsp3) is 0.250. The highest BCUT2D eigenvalue weighted by molar-refractivity contribution is 6.33. The van der Waals surface area contributed by atoms with Crippen LogP contribution in [0.2, 0.25) is 10.0 Å². The summed E-state index contributed by atoms with van der Waals surface area (Å²) in [4.78, 5) is 19.0. The Labute approximate surface area is 167 Å². The van der Waals surface area contributed by atoms with E-state index in [-0.39, 0.29) is 5.91 Å². The maximum absolute atomic E-state index is 12.8. The highest BCUT2D eigenvalue weighted by Gasteiger charge is 2.18. The molecule has 7 heteroatoms. The lowest BCUT2D eigenvalue weighted by atomic mass is 10.2. The predicted octanol–water partition coefficient (Wildman–Crippen LogP) is 5.14. The first-order chi connectivity index (χ1) is 13.1. The number of halogens is 2. The van der Waals surface area contributed by atoms with E-state index in [0.29, 0.717) is 46.8 Å². The van der Waals surface area contributed by atoms with E-state index >= 15 is 0 Å². The van der Waals surface area contributed by atoms with E-state index in [0.717, 1.165) is 12.0 Å². The maximum Gasteiger partial charge on any atom is 0.255 e. The minimum Gasteiger partial charge on any atom is -0.339 e. The molecule has 3 aromatic rings. The van der Waals surface area contributed by atoms with Gasteiger partial charge in [0, 0.05) is 30.1 Å². The minimum absolute atomic E-state index is 0.0973. The Morgan fingerprint density at radius 2 is 1.81 bits per heavy atom. The molecular formula is C20H19Cl2N3O2. The van der Waals surface area contributed by atoms with Gasteiger partial charge in [0.05, 0.1) is 10.6 Å². The first-order valence-electron chi connectivity index (χ1n) is 8.71. The summed E-state index contributed by atoms with van der Waals surface area (Å²) in [5, 5.41) is 5.10. The van der Waals surface area contributed by atoms with Gasteiger partial charge in [0.25, 0.3) is 5.91 Å². The second kappa shape index (κ2) is 9.02. The minimum atomic E-state index is -0.0973. The molecule has 0 spiro atoms. The van der Waals surface area contributed by atoms with Crippen LogP contribution in [-0.2, 0) is 6.42 Å². The van der Waals surface area contributed by atoms with Gasteiger partial charge in [-0.15, -0.1) is 0 Å². The van der Waals surface area contributed by atoms with Crippen LogP contribution in [0.3, 0.4) is 0 Å². The first-order valence-corrected chi connectivity index (χ1v) is 9.46. The van der Waals surface area contributed by atoms with E-state index in [1.165, 1.54) is 0 Å². The molecule has 0 aliphatic heterocycles. The van der Waals surface area contributed by atoms with Crippen LogP contribution in [0.4, 0.5) is 0 Å². The average molecular weight is 404 g/mol. The van der Waals surface area contributed by atoms with Crippen molar-refractivity contribution in [3.05, 3.63) is 70.0 Å². The van der Waals surface area contributed by atoms with Crippen molar-refractivity contribution in [3.63, 3.8) is 0 Å². The van der Waals surface area contributed by atoms with Crippen molar-refractivity contribution in [2.24, 2.45) is 0 Å². The zero-order valence-electron chi connectivity index (χ0n) is 14.9. The van der Waals surface area contributed by atoms with Crippen molar-refractivity contribution >= 4 is 29.1 Å². The normalized spacial score (nSPS) is 10.8. The molecule has 0 N–H and O–H groups in total. The van der Waals surface area contributed by atoms with Gasteiger partial charge in [-0.05, 0) is 42.8 Å². The number of carbonyl (C=O) groups excluding carboxylic acids is 1. The zero-order chi connectivity index (χ0) is 19.2. The van der Waals surface area contributed by atoms with Crippen molar-refractivity contribution in [2.75, 3.05) is 13.1 Å². The molecule has 0 saturated heterocycles. The molecule has 3 rings (SSSR count). The molecule has 140 valence electrons. The molecule has 0 aliphatic carbocycles. The highest BCUT2D eigenvalue weighted by atomic mass is 35.5. The van der Waals surface area contributed by atoms with Gasteiger partial charge in [0.2, 0.25) is 11.7 Å². The van der Waals surface area contributed by atoms with E-state index in [9.17, 15) is 4.79 Å². The molecule has 27 heavy (non-hydrogen) atoms. The summed E-state index contributed by atoms with van der Waals surface area (Å²) in [5.74, 6) is 0.883. The van der Waals surface area contributed by atoms with Gasteiger partial charge in [-0.1, -0.05) is 47.4 Å². The van der Waals surface area contributed by atoms with Gasteiger partial charge in [0.15, 0.2) is 0 Å². The Morgan fingerprint density at radius 3 is 2.52 bits per heavy atom. The van der Waals surface area contributed by atoms with Crippen LogP contribution >= 0.6 is 23.2 Å². The van der Waals surface area contributed by atoms with Crippen LogP contribution in [0.25, 0.3) is 11.4 Å². The summed E-state index contributed by atoms with van der Waals surface area (Å²) in [6, 6.07) is 14.3. The topological polar surface area (TPSA) is 59.2 Å². The quantitative estimate of drug-likeness (QED) is 0.547. The molecule has 1 amide bonds. The number of hydrogen-bond donors (Lipinski definition) is 0. The molecule has 0 radical (unpaired) electrons. The van der Waals surface area contributed by atoms with Crippen molar-refractivity contribution in [3.8, 4) is 11.4 Å². The molecule has 0 atom stereocenters. The summed E-state index contributed by atoms with van der Waals surface area (Å²) in [6.07, 6.45) is 1.31. The van der Waals surface area contributed by atoms with Crippen LogP contribution in [0.5, 0.6) is 0 Å². The van der Waals surface area contributed by atoms with E-state index in [2.05, 4.69) is 10.1 Å². The first kappa shape index (κ1) is 19.4. The van der Waals surface area contributed by atoms with Crippen molar-refractivity contribution in [1.82, 2.24) is 15.0 Å². The summed E-state index contributed by atoms with van der Waals surface area (Å²) in [6.45, 7) is 3.13. The summed E-state index contributed by atoms with van der Waals surface area (Å²) >= 11 is 12.1. The van der Waals surface area contributed by atoms with E-state index < -0.39 is 0 Å². The van der Waals surface area contributed by atoms with Gasteiger partial charge < -0.3 is 9.42 Å². The standard InChI is InChI=1S/C20H19Cl2N3O2/c1-2-12-25(20(26)16-5-3-4-6-17(16)22)13-11-18-23-19(24-27-18)14-7-9-15(21)10-8-14/h3-10H,2,11-13H2,1H3.